The van der Waals surface area contributed by atoms with Gasteiger partial charge < -0.3 is 27.0 Å². The summed E-state index contributed by atoms with van der Waals surface area (Å²) in [5.41, 5.74) is 5.05. The Labute approximate surface area is 692 Å². The average molecular weight is 2010 g/mol. The van der Waals surface area contributed by atoms with E-state index < -0.39 is 23.5 Å². The van der Waals surface area contributed by atoms with E-state index in [-0.39, 0.29) is 109 Å². The maximum Gasteiger partial charge on any atom is 0.327 e. The third-order valence-electron chi connectivity index (χ3n) is 21.9. The number of halogens is 1. The molecule has 2 aromatic heterocycles. The Morgan fingerprint density at radius 2 is 0.709 bits per heavy atom. The second-order valence-electron chi connectivity index (χ2n) is 27.5. The van der Waals surface area contributed by atoms with Gasteiger partial charge >= 0.3 is 15.5 Å². The molecule has 0 saturated heterocycles. The molecule has 4 aliphatic rings. The van der Waals surface area contributed by atoms with Crippen molar-refractivity contribution in [1.82, 2.24) is 10.2 Å². The Morgan fingerprint density at radius 1 is 0.417 bits per heavy atom. The number of rotatable bonds is 12. The van der Waals surface area contributed by atoms with Crippen LogP contribution in [0.5, 0.6) is 0 Å². The zero-order valence-corrected chi connectivity index (χ0v) is 75.6. The Balaban J connectivity index is 0.000000225. The molecule has 2 radical (unpaired) electrons. The van der Waals surface area contributed by atoms with Gasteiger partial charge in [-0.3, -0.25) is 0 Å². The summed E-state index contributed by atoms with van der Waals surface area (Å²) < 4.78 is 28.0. The van der Waals surface area contributed by atoms with Crippen LogP contribution in [0.4, 0.5) is 0 Å². The summed E-state index contributed by atoms with van der Waals surface area (Å²) >= 11 is 6.30. The van der Waals surface area contributed by atoms with Crippen molar-refractivity contribution in [3.8, 4) is 0 Å². The number of benzene rings is 10. The first-order valence-corrected chi connectivity index (χ1v) is 44.3. The summed E-state index contributed by atoms with van der Waals surface area (Å²) in [7, 11) is 0.395. The topological polar surface area (TPSA) is 71.1 Å². The quantitative estimate of drug-likeness (QED) is 0.0965. The van der Waals surface area contributed by atoms with Crippen molar-refractivity contribution in [3.63, 3.8) is 0 Å². The maximum atomic E-state index is 6.90. The van der Waals surface area contributed by atoms with Crippen molar-refractivity contribution in [3.05, 3.63) is 206 Å². The second-order valence-corrected chi connectivity index (χ2v) is 36.0. The Bertz CT molecular complexity index is 4360. The number of nitrogens with one attached hydrogen (secondary N) is 1. The standard InChI is InChI=1S/C35H35NO2P2.C20H12ClO2P.C15H24NP.C6H15N.2C5H10.CH4.2Fe.2Np/c1-24(28-18-11-19-33(28)39(3)27-14-5-4-6-15-27)36(2)40-37-31-22-20-25-12-7-9-16-29(25)34(31)35-30-17-10-8-13-26(30)21-23-32(35)38-40;21-24-22-17-11-9-13-5-1-3-7-15(13)19(17)20-16-8-4-2-6-14(16)10-12-18(20)23-24;1-12(16-2)14-10-7-11-15(14)17(3)13-8-5-4-6-9-13;1-4-7(5-2)6-3;2*1-2-4-5-3-1;;;;;/h4-10,12-17,20-24,28,33H,11,18-19H2,1-3H3;1-12H;4-6,8-9,12,14-16H,7,10-11H2,1-3H3;4-6H2,1-3H3;2*1-5H2;1H4;;;;/p+2/t24-,28?,33?,39?;;12-,14?,15?,17?;;;;;;;;/m1.1......../s1. The predicted octanol–water partition coefficient (Wildman–Crippen LogP) is 26.3. The van der Waals surface area contributed by atoms with E-state index in [9.17, 15) is 0 Å². The molecule has 0 amide bonds. The van der Waals surface area contributed by atoms with Crippen molar-refractivity contribution >= 4 is 140 Å². The molecule has 6 unspecified atom stereocenters. The van der Waals surface area contributed by atoms with Gasteiger partial charge in [-0.1, -0.05) is 250 Å². The number of hydrogen-bond donors (Lipinski definition) is 1. The van der Waals surface area contributed by atoms with E-state index in [1.807, 2.05) is 36.4 Å². The van der Waals surface area contributed by atoms with Crippen LogP contribution in [0.25, 0.3) is 87.0 Å². The fourth-order valence-electron chi connectivity index (χ4n) is 16.0. The van der Waals surface area contributed by atoms with Crippen LogP contribution in [-0.2, 0) is 34.1 Å². The molecular formula is C87H112ClFe2N3Np2O4P4+2. The first kappa shape index (κ1) is 89.0. The molecule has 2 heterocycles. The SMILES string of the molecule is C.C1CCCC1.C1CCCC1.CCN(CC)CC.CN[C@H](C)C1CCCC1[PH+](C)c1ccccc1.C[C@H](C1CCCC1[PH+](C)c1ccccc1)N(C)p1oc2ccc3ccccc3c2c2c(ccc3ccccc32)o1.Clp1oc2ccc3ccccc3c2c2c(ccc3ccccc32)o1.[Fe].[Fe].[Np].[Np]. The minimum atomic E-state index is -1.53. The van der Waals surface area contributed by atoms with Crippen molar-refractivity contribution in [2.75, 3.05) is 51.7 Å². The normalized spacial score (nSPS) is 17.7. The summed E-state index contributed by atoms with van der Waals surface area (Å²) in [6.45, 7) is 19.9. The van der Waals surface area contributed by atoms with Gasteiger partial charge in [0.25, 0.3) is 0 Å². The van der Waals surface area contributed by atoms with Crippen LogP contribution >= 0.6 is 42.6 Å². The van der Waals surface area contributed by atoms with Gasteiger partial charge in [-0.25, -0.2) is 4.67 Å². The molecule has 10 aromatic carbocycles. The van der Waals surface area contributed by atoms with Crippen LogP contribution in [0.2, 0.25) is 0 Å². The van der Waals surface area contributed by atoms with E-state index in [4.69, 9.17) is 28.0 Å². The summed E-state index contributed by atoms with van der Waals surface area (Å²) in [4.78, 5) is 2.38. The number of fused-ring (bicyclic) bond motifs is 14. The zero-order valence-electron chi connectivity index (χ0n) is 61.4. The summed E-state index contributed by atoms with van der Waals surface area (Å²) in [5.74, 6) is 1.52. The first-order valence-electron chi connectivity index (χ1n) is 37.0. The van der Waals surface area contributed by atoms with E-state index in [1.54, 1.807) is 10.6 Å². The maximum absolute atomic E-state index is 6.90. The fraction of sp³-hybridized carbons (Fsp3) is 0.402. The van der Waals surface area contributed by atoms with Gasteiger partial charge in [0, 0.05) is 174 Å². The molecule has 0 aliphatic heterocycles. The Morgan fingerprint density at radius 3 is 1.02 bits per heavy atom. The molecule has 4 aliphatic carbocycles. The minimum Gasteiger partial charge on any atom is -0.408 e. The molecule has 16 heteroatoms. The van der Waals surface area contributed by atoms with E-state index in [0.29, 0.717) is 18.0 Å². The largest absolute Gasteiger partial charge is 0.408 e. The third kappa shape index (κ3) is 22.7. The van der Waals surface area contributed by atoms with Gasteiger partial charge in [0.05, 0.1) is 35.3 Å². The van der Waals surface area contributed by atoms with Gasteiger partial charge in [0.2, 0.25) is 0 Å². The molecule has 0 bridgehead atoms. The van der Waals surface area contributed by atoms with Crippen LogP contribution < -0.4 is 20.6 Å². The van der Waals surface area contributed by atoms with Crippen LogP contribution in [0.15, 0.2) is 223 Å². The predicted molar refractivity (Wildman–Crippen MR) is 445 cm³/mol. The Kier molecular flexibility index (Phi) is 39.2. The molecule has 4 fully saturated rings. The monoisotopic (exact) mass is 2010 g/mol. The minimum absolute atomic E-state index is 0. The van der Waals surface area contributed by atoms with Crippen molar-refractivity contribution in [2.45, 2.75) is 168 Å². The van der Waals surface area contributed by atoms with Crippen molar-refractivity contribution < 1.29 is 111 Å². The molecule has 16 rings (SSSR count). The number of nitrogens with zero attached hydrogens (tertiary/aromatic N) is 2. The van der Waals surface area contributed by atoms with E-state index in [0.717, 1.165) is 71.9 Å². The molecule has 550 valence electrons. The van der Waals surface area contributed by atoms with Crippen molar-refractivity contribution in [2.24, 2.45) is 11.8 Å². The molecule has 4 saturated carbocycles. The van der Waals surface area contributed by atoms with E-state index in [1.165, 1.54) is 155 Å². The molecule has 12 aromatic rings. The van der Waals surface area contributed by atoms with Crippen LogP contribution in [0.1, 0.15) is 145 Å². The molecular weight excluding hydrogens is 1900 g/mol. The van der Waals surface area contributed by atoms with Crippen molar-refractivity contribution in [1.29, 1.82) is 0 Å². The molecule has 103 heavy (non-hydrogen) atoms. The smallest absolute Gasteiger partial charge is 0.327 e. The van der Waals surface area contributed by atoms with Crippen LogP contribution in [0.3, 0.4) is 0 Å². The van der Waals surface area contributed by atoms with Crippen LogP contribution in [-0.4, -0.2) is 75.4 Å². The molecule has 7 nitrogen and oxygen atoms in total. The average Bonchev–Trinajstić information content (AvgIpc) is 1.75. The fourth-order valence-corrected chi connectivity index (χ4v) is 24.2. The van der Waals surface area contributed by atoms with E-state index >= 15 is 0 Å². The van der Waals surface area contributed by atoms with Gasteiger partial charge in [-0.2, -0.15) is 0 Å². The van der Waals surface area contributed by atoms with Gasteiger partial charge in [-0.15, -0.1) is 0 Å². The Hall–Kier alpha value is -2.87. The zero-order chi connectivity index (χ0) is 68.3. The van der Waals surface area contributed by atoms with Gasteiger partial charge in [0.15, 0.2) is 0 Å². The molecule has 0 spiro atoms. The number of hydrogen-bond acceptors (Lipinski definition) is 7. The van der Waals surface area contributed by atoms with Crippen LogP contribution in [0, 0.1) is 71.7 Å². The first-order chi connectivity index (χ1) is 48.0. The van der Waals surface area contributed by atoms with E-state index in [2.05, 4.69) is 247 Å². The second kappa shape index (κ2) is 45.3. The molecule has 1 N–H and O–H groups in total. The summed E-state index contributed by atoms with van der Waals surface area (Å²) in [6, 6.07) is 74.0. The summed E-state index contributed by atoms with van der Waals surface area (Å²) in [5, 5.41) is 20.4. The van der Waals surface area contributed by atoms with Gasteiger partial charge in [-0.05, 0) is 171 Å². The van der Waals surface area contributed by atoms with Gasteiger partial charge in [0.1, 0.15) is 22.3 Å². The molecule has 8 atom stereocenters. The summed E-state index contributed by atoms with van der Waals surface area (Å²) in [6.07, 6.45) is 23.2. The third-order valence-corrected chi connectivity index (χ3v) is 30.7.